The van der Waals surface area contributed by atoms with Crippen LogP contribution in [0.2, 0.25) is 0 Å². The molecule has 1 fully saturated rings. The molecule has 0 N–H and O–H groups in total. The smallest absolute Gasteiger partial charge is 0.253 e. The highest BCUT2D eigenvalue weighted by Crippen LogP contribution is 2.36. The van der Waals surface area contributed by atoms with Gasteiger partial charge in [0.1, 0.15) is 5.75 Å². The van der Waals surface area contributed by atoms with E-state index in [0.29, 0.717) is 19.1 Å². The number of rotatable bonds is 9. The number of ether oxygens (including phenoxy) is 1. The van der Waals surface area contributed by atoms with E-state index in [1.54, 1.807) is 7.11 Å². The summed E-state index contributed by atoms with van der Waals surface area (Å²) in [6, 6.07) is 25.5. The van der Waals surface area contributed by atoms with E-state index in [9.17, 15) is 4.79 Å². The molecule has 3 aromatic rings. The normalized spacial score (nSPS) is 14.4. The Labute approximate surface area is 216 Å². The van der Waals surface area contributed by atoms with E-state index in [2.05, 4.69) is 71.3 Å². The lowest BCUT2D eigenvalue weighted by Gasteiger charge is -2.40. The summed E-state index contributed by atoms with van der Waals surface area (Å²) >= 11 is 0. The first-order valence-corrected chi connectivity index (χ1v) is 13.1. The number of carbonyl (C=O) groups excluding carboxylic acids is 1. The molecule has 1 aliphatic heterocycles. The number of carbonyl (C=O) groups is 1. The minimum absolute atomic E-state index is 0.0879. The van der Waals surface area contributed by atoms with Gasteiger partial charge in [0.15, 0.2) is 0 Å². The lowest BCUT2D eigenvalue weighted by atomic mass is 9.99. The van der Waals surface area contributed by atoms with Gasteiger partial charge < -0.3 is 14.5 Å². The lowest BCUT2D eigenvalue weighted by molar-refractivity contribution is 0.0773. The van der Waals surface area contributed by atoms with Crippen LogP contribution in [0, 0.1) is 6.92 Å². The summed E-state index contributed by atoms with van der Waals surface area (Å²) in [4.78, 5) is 19.7. The maximum Gasteiger partial charge on any atom is 0.253 e. The van der Waals surface area contributed by atoms with E-state index in [0.717, 1.165) is 49.5 Å². The molecule has 0 saturated carbocycles. The number of anilines is 2. The van der Waals surface area contributed by atoms with Gasteiger partial charge in [-0.25, -0.2) is 0 Å². The first-order chi connectivity index (χ1) is 17.5. The first-order valence-electron chi connectivity index (χ1n) is 13.1. The molecule has 0 spiro atoms. The third kappa shape index (κ3) is 5.90. The quantitative estimate of drug-likeness (QED) is 0.357. The van der Waals surface area contributed by atoms with Gasteiger partial charge in [-0.1, -0.05) is 36.4 Å². The first kappa shape index (κ1) is 25.8. The molecule has 5 nitrogen and oxygen atoms in total. The summed E-state index contributed by atoms with van der Waals surface area (Å²) in [5.41, 5.74) is 5.60. The minimum atomic E-state index is 0.0879. The molecule has 190 valence electrons. The SMILES string of the molecule is CCN(CC)C(=O)c1ccc(N(c2cc(OC)ccc2C)C2CCN(Cc3ccccc3)CC2)cc1. The summed E-state index contributed by atoms with van der Waals surface area (Å²) in [5.74, 6) is 0.945. The summed E-state index contributed by atoms with van der Waals surface area (Å²) in [5, 5.41) is 0. The van der Waals surface area contributed by atoms with Crippen molar-refractivity contribution < 1.29 is 9.53 Å². The zero-order valence-corrected chi connectivity index (χ0v) is 22.1. The Morgan fingerprint density at radius 2 is 1.61 bits per heavy atom. The molecule has 0 aromatic heterocycles. The van der Waals surface area contributed by atoms with Crippen LogP contribution in [0.3, 0.4) is 0 Å². The van der Waals surface area contributed by atoms with Crippen molar-refractivity contribution in [2.24, 2.45) is 0 Å². The standard InChI is InChI=1S/C31H39N3O2/c1-5-33(6-2)31(35)26-13-15-27(16-14-26)34(30-22-29(36-4)17-12-24(30)3)28-18-20-32(21-19-28)23-25-10-8-7-9-11-25/h7-17,22,28H,5-6,18-21,23H2,1-4H3. The molecule has 0 radical (unpaired) electrons. The van der Waals surface area contributed by atoms with Crippen molar-refractivity contribution in [3.05, 3.63) is 89.5 Å². The summed E-state index contributed by atoms with van der Waals surface area (Å²) < 4.78 is 5.58. The van der Waals surface area contributed by atoms with E-state index in [1.807, 2.05) is 36.9 Å². The number of amides is 1. The predicted molar refractivity (Wildman–Crippen MR) is 148 cm³/mol. The van der Waals surface area contributed by atoms with Crippen LogP contribution in [0.4, 0.5) is 11.4 Å². The third-order valence-corrected chi connectivity index (χ3v) is 7.29. The average molecular weight is 486 g/mol. The number of likely N-dealkylation sites (tertiary alicyclic amines) is 1. The van der Waals surface area contributed by atoms with Crippen molar-refractivity contribution in [1.29, 1.82) is 0 Å². The minimum Gasteiger partial charge on any atom is -0.497 e. The second-order valence-corrected chi connectivity index (χ2v) is 9.54. The Morgan fingerprint density at radius 1 is 0.944 bits per heavy atom. The molecule has 1 heterocycles. The van der Waals surface area contributed by atoms with Gasteiger partial charge in [0.2, 0.25) is 0 Å². The second-order valence-electron chi connectivity index (χ2n) is 9.54. The number of hydrogen-bond donors (Lipinski definition) is 0. The molecule has 5 heteroatoms. The second kappa shape index (κ2) is 12.1. The number of methoxy groups -OCH3 is 1. The number of hydrogen-bond acceptors (Lipinski definition) is 4. The fourth-order valence-corrected chi connectivity index (χ4v) is 5.16. The Hall–Kier alpha value is -3.31. The zero-order valence-electron chi connectivity index (χ0n) is 22.1. The largest absolute Gasteiger partial charge is 0.497 e. The van der Waals surface area contributed by atoms with Crippen LogP contribution >= 0.6 is 0 Å². The molecule has 0 aliphatic carbocycles. The third-order valence-electron chi connectivity index (χ3n) is 7.29. The van der Waals surface area contributed by atoms with Gasteiger partial charge in [0.05, 0.1) is 7.11 Å². The average Bonchev–Trinajstić information content (AvgIpc) is 2.92. The van der Waals surface area contributed by atoms with Crippen LogP contribution in [0.15, 0.2) is 72.8 Å². The van der Waals surface area contributed by atoms with E-state index in [4.69, 9.17) is 4.74 Å². The van der Waals surface area contributed by atoms with Crippen LogP contribution in [0.1, 0.15) is 48.2 Å². The van der Waals surface area contributed by atoms with Gasteiger partial charge in [-0.2, -0.15) is 0 Å². The van der Waals surface area contributed by atoms with Gasteiger partial charge in [-0.15, -0.1) is 0 Å². The fraction of sp³-hybridized carbons (Fsp3) is 0.387. The summed E-state index contributed by atoms with van der Waals surface area (Å²) in [6.07, 6.45) is 2.15. The predicted octanol–water partition coefficient (Wildman–Crippen LogP) is 6.29. The molecule has 4 rings (SSSR count). The van der Waals surface area contributed by atoms with Gasteiger partial charge in [-0.05, 0) is 75.1 Å². The molecule has 0 unspecified atom stereocenters. The monoisotopic (exact) mass is 485 g/mol. The van der Waals surface area contributed by atoms with Crippen molar-refractivity contribution >= 4 is 17.3 Å². The van der Waals surface area contributed by atoms with Gasteiger partial charge in [-0.3, -0.25) is 9.69 Å². The highest BCUT2D eigenvalue weighted by atomic mass is 16.5. The zero-order chi connectivity index (χ0) is 25.5. The van der Waals surface area contributed by atoms with Crippen LogP contribution < -0.4 is 9.64 Å². The van der Waals surface area contributed by atoms with Crippen molar-refractivity contribution in [3.8, 4) is 5.75 Å². The molecular formula is C31H39N3O2. The maximum absolute atomic E-state index is 12.9. The Balaban J connectivity index is 1.59. The van der Waals surface area contributed by atoms with Gasteiger partial charge in [0, 0.05) is 61.8 Å². The Kier molecular flexibility index (Phi) is 8.65. The summed E-state index contributed by atoms with van der Waals surface area (Å²) in [6.45, 7) is 10.7. The van der Waals surface area contributed by atoms with Crippen LogP contribution in [0.25, 0.3) is 0 Å². The highest BCUT2D eigenvalue weighted by molar-refractivity contribution is 5.94. The van der Waals surface area contributed by atoms with Crippen molar-refractivity contribution in [2.75, 3.05) is 38.2 Å². The Bertz CT molecular complexity index is 1120. The fourth-order valence-electron chi connectivity index (χ4n) is 5.16. The number of nitrogens with zero attached hydrogens (tertiary/aromatic N) is 3. The molecule has 1 aliphatic rings. The van der Waals surface area contributed by atoms with Crippen molar-refractivity contribution in [3.63, 3.8) is 0 Å². The van der Waals surface area contributed by atoms with E-state index in [-0.39, 0.29) is 5.91 Å². The van der Waals surface area contributed by atoms with Gasteiger partial charge >= 0.3 is 0 Å². The molecule has 36 heavy (non-hydrogen) atoms. The van der Waals surface area contributed by atoms with Crippen LogP contribution in [-0.2, 0) is 6.54 Å². The highest BCUT2D eigenvalue weighted by Gasteiger charge is 2.27. The summed E-state index contributed by atoms with van der Waals surface area (Å²) in [7, 11) is 1.72. The van der Waals surface area contributed by atoms with E-state index >= 15 is 0 Å². The number of piperidine rings is 1. The van der Waals surface area contributed by atoms with Crippen molar-refractivity contribution in [2.45, 2.75) is 46.2 Å². The van der Waals surface area contributed by atoms with Gasteiger partial charge in [0.25, 0.3) is 5.91 Å². The van der Waals surface area contributed by atoms with Crippen molar-refractivity contribution in [1.82, 2.24) is 9.80 Å². The number of aryl methyl sites for hydroxylation is 1. The van der Waals surface area contributed by atoms with E-state index in [1.165, 1.54) is 16.8 Å². The number of benzene rings is 3. The molecule has 0 atom stereocenters. The molecule has 1 saturated heterocycles. The molecule has 0 bridgehead atoms. The molecular weight excluding hydrogens is 446 g/mol. The van der Waals surface area contributed by atoms with E-state index < -0.39 is 0 Å². The van der Waals surface area contributed by atoms with Crippen LogP contribution in [-0.4, -0.2) is 55.0 Å². The Morgan fingerprint density at radius 3 is 2.22 bits per heavy atom. The topological polar surface area (TPSA) is 36.0 Å². The van der Waals surface area contributed by atoms with Crippen LogP contribution in [0.5, 0.6) is 5.75 Å². The lowest BCUT2D eigenvalue weighted by Crippen LogP contribution is -2.43. The maximum atomic E-state index is 12.9. The molecule has 3 aromatic carbocycles. The molecule has 1 amide bonds.